The molecule has 0 saturated heterocycles. The molecule has 0 unspecified atom stereocenters. The third-order valence-electron chi connectivity index (χ3n) is 4.64. The number of oxazole rings is 2. The summed E-state index contributed by atoms with van der Waals surface area (Å²) in [7, 11) is 0. The summed E-state index contributed by atoms with van der Waals surface area (Å²) >= 11 is 0. The molecule has 4 heteroatoms. The molecule has 0 N–H and O–H groups in total. The number of benzene rings is 3. The van der Waals surface area contributed by atoms with Crippen molar-refractivity contribution >= 4 is 0 Å². The Morgan fingerprint density at radius 2 is 0.821 bits per heavy atom. The molecule has 0 aliphatic carbocycles. The summed E-state index contributed by atoms with van der Waals surface area (Å²) in [6.45, 7) is 0. The lowest BCUT2D eigenvalue weighted by Gasteiger charge is -2.04. The van der Waals surface area contributed by atoms with E-state index in [1.165, 1.54) is 12.8 Å². The zero-order chi connectivity index (χ0) is 18.8. The average molecular weight is 364 g/mol. The van der Waals surface area contributed by atoms with Gasteiger partial charge in [0.25, 0.3) is 0 Å². The zero-order valence-corrected chi connectivity index (χ0v) is 14.9. The second-order valence-electron chi connectivity index (χ2n) is 6.37. The van der Waals surface area contributed by atoms with Gasteiger partial charge in [-0.05, 0) is 0 Å². The van der Waals surface area contributed by atoms with Crippen LogP contribution in [0.1, 0.15) is 0 Å². The van der Waals surface area contributed by atoms with E-state index in [1.807, 2.05) is 84.9 Å². The fraction of sp³-hybridized carbons (Fsp3) is 0. The molecular weight excluding hydrogens is 348 g/mol. The van der Waals surface area contributed by atoms with Crippen LogP contribution in [0.5, 0.6) is 0 Å². The Bertz CT molecular complexity index is 1090. The molecule has 0 atom stereocenters. The van der Waals surface area contributed by atoms with Crippen LogP contribution >= 0.6 is 0 Å². The summed E-state index contributed by atoms with van der Waals surface area (Å²) in [5.41, 5.74) is 5.63. The molecule has 0 radical (unpaired) electrons. The molecule has 0 aliphatic rings. The minimum atomic E-state index is 0.749. The maximum atomic E-state index is 5.68. The van der Waals surface area contributed by atoms with Crippen molar-refractivity contribution in [3.8, 4) is 45.2 Å². The first kappa shape index (κ1) is 16.3. The molecule has 5 aromatic rings. The number of hydrogen-bond acceptors (Lipinski definition) is 4. The van der Waals surface area contributed by atoms with Gasteiger partial charge >= 0.3 is 0 Å². The van der Waals surface area contributed by atoms with Crippen LogP contribution in [-0.2, 0) is 0 Å². The SMILES string of the molecule is c1ccc(-c2ncoc2-c2ccc(-c3ocnc3-c3ccccc3)cc2)cc1. The number of nitrogens with zero attached hydrogens (tertiary/aromatic N) is 2. The molecule has 0 amide bonds. The van der Waals surface area contributed by atoms with Crippen LogP contribution in [-0.4, -0.2) is 9.97 Å². The summed E-state index contributed by atoms with van der Waals surface area (Å²) in [6.07, 6.45) is 2.96. The third kappa shape index (κ3) is 2.91. The van der Waals surface area contributed by atoms with E-state index in [4.69, 9.17) is 8.83 Å². The van der Waals surface area contributed by atoms with Gasteiger partial charge in [-0.3, -0.25) is 0 Å². The van der Waals surface area contributed by atoms with Gasteiger partial charge in [0, 0.05) is 22.3 Å². The molecule has 0 fully saturated rings. The molecule has 2 aromatic heterocycles. The smallest absolute Gasteiger partial charge is 0.182 e. The average Bonchev–Trinajstić information content (AvgIpc) is 3.45. The lowest BCUT2D eigenvalue weighted by atomic mass is 10.0. The second-order valence-corrected chi connectivity index (χ2v) is 6.37. The van der Waals surface area contributed by atoms with Crippen LogP contribution in [0.4, 0.5) is 0 Å². The first-order valence-electron chi connectivity index (χ1n) is 8.99. The van der Waals surface area contributed by atoms with Gasteiger partial charge in [0.05, 0.1) is 0 Å². The maximum absolute atomic E-state index is 5.68. The summed E-state index contributed by atoms with van der Waals surface area (Å²) in [4.78, 5) is 8.79. The van der Waals surface area contributed by atoms with Crippen LogP contribution in [0.3, 0.4) is 0 Å². The summed E-state index contributed by atoms with van der Waals surface area (Å²) in [6, 6.07) is 28.1. The van der Waals surface area contributed by atoms with Crippen molar-refractivity contribution in [2.75, 3.05) is 0 Å². The first-order chi connectivity index (χ1) is 13.9. The quantitative estimate of drug-likeness (QED) is 0.374. The fourth-order valence-electron chi connectivity index (χ4n) is 3.28. The molecule has 134 valence electrons. The number of aromatic nitrogens is 2. The van der Waals surface area contributed by atoms with Crippen LogP contribution in [0.15, 0.2) is 107 Å². The van der Waals surface area contributed by atoms with E-state index in [9.17, 15) is 0 Å². The van der Waals surface area contributed by atoms with Crippen LogP contribution in [0, 0.1) is 0 Å². The van der Waals surface area contributed by atoms with Gasteiger partial charge in [-0.25, -0.2) is 9.97 Å². The molecule has 0 saturated carbocycles. The number of rotatable bonds is 4. The van der Waals surface area contributed by atoms with Crippen molar-refractivity contribution in [2.24, 2.45) is 0 Å². The van der Waals surface area contributed by atoms with E-state index < -0.39 is 0 Å². The highest BCUT2D eigenvalue weighted by molar-refractivity contribution is 5.80. The van der Waals surface area contributed by atoms with E-state index in [-0.39, 0.29) is 0 Å². The first-order valence-corrected chi connectivity index (χ1v) is 8.99. The van der Waals surface area contributed by atoms with Crippen LogP contribution in [0.2, 0.25) is 0 Å². The van der Waals surface area contributed by atoms with E-state index in [0.717, 1.165) is 45.2 Å². The fourth-order valence-corrected chi connectivity index (χ4v) is 3.28. The van der Waals surface area contributed by atoms with Crippen LogP contribution < -0.4 is 0 Å². The Balaban J connectivity index is 1.51. The van der Waals surface area contributed by atoms with Gasteiger partial charge in [-0.2, -0.15) is 0 Å². The van der Waals surface area contributed by atoms with Gasteiger partial charge in [0.15, 0.2) is 24.3 Å². The molecule has 28 heavy (non-hydrogen) atoms. The molecule has 5 rings (SSSR count). The molecule has 4 nitrogen and oxygen atoms in total. The van der Waals surface area contributed by atoms with E-state index in [2.05, 4.69) is 9.97 Å². The maximum Gasteiger partial charge on any atom is 0.182 e. The molecular formula is C24H16N2O2. The second kappa shape index (κ2) is 7.00. The predicted molar refractivity (Wildman–Crippen MR) is 108 cm³/mol. The van der Waals surface area contributed by atoms with Crippen molar-refractivity contribution in [1.29, 1.82) is 0 Å². The van der Waals surface area contributed by atoms with Gasteiger partial charge in [0.1, 0.15) is 11.4 Å². The van der Waals surface area contributed by atoms with Crippen molar-refractivity contribution in [3.63, 3.8) is 0 Å². The Labute approximate surface area is 162 Å². The minimum absolute atomic E-state index is 0.749. The van der Waals surface area contributed by atoms with Crippen molar-refractivity contribution < 1.29 is 8.83 Å². The monoisotopic (exact) mass is 364 g/mol. The lowest BCUT2D eigenvalue weighted by molar-refractivity contribution is 0.570. The number of hydrogen-bond donors (Lipinski definition) is 0. The lowest BCUT2D eigenvalue weighted by Crippen LogP contribution is -1.84. The van der Waals surface area contributed by atoms with Crippen molar-refractivity contribution in [3.05, 3.63) is 97.7 Å². The highest BCUT2D eigenvalue weighted by atomic mass is 16.3. The normalized spacial score (nSPS) is 10.9. The molecule has 3 aromatic carbocycles. The van der Waals surface area contributed by atoms with E-state index in [0.29, 0.717) is 0 Å². The topological polar surface area (TPSA) is 52.1 Å². The highest BCUT2D eigenvalue weighted by Gasteiger charge is 2.15. The Morgan fingerprint density at radius 3 is 1.21 bits per heavy atom. The third-order valence-corrected chi connectivity index (χ3v) is 4.64. The van der Waals surface area contributed by atoms with E-state index in [1.54, 1.807) is 0 Å². The summed E-state index contributed by atoms with van der Waals surface area (Å²) < 4.78 is 11.4. The van der Waals surface area contributed by atoms with Crippen molar-refractivity contribution in [1.82, 2.24) is 9.97 Å². The van der Waals surface area contributed by atoms with E-state index >= 15 is 0 Å². The minimum Gasteiger partial charge on any atom is -0.443 e. The highest BCUT2D eigenvalue weighted by Crippen LogP contribution is 2.34. The van der Waals surface area contributed by atoms with Gasteiger partial charge in [0.2, 0.25) is 0 Å². The van der Waals surface area contributed by atoms with Gasteiger partial charge < -0.3 is 8.83 Å². The van der Waals surface area contributed by atoms with Gasteiger partial charge in [-0.1, -0.05) is 84.9 Å². The molecule has 2 heterocycles. The summed E-state index contributed by atoms with van der Waals surface area (Å²) in [5.74, 6) is 1.50. The van der Waals surface area contributed by atoms with Gasteiger partial charge in [-0.15, -0.1) is 0 Å². The Hall–Kier alpha value is -3.92. The predicted octanol–water partition coefficient (Wildman–Crippen LogP) is 6.33. The molecule has 0 spiro atoms. The Kier molecular flexibility index (Phi) is 4.07. The standard InChI is InChI=1S/C24H16N2O2/c1-3-7-17(8-4-1)21-23(27-15-25-21)19-11-13-20(14-12-19)24-22(26-16-28-24)18-9-5-2-6-10-18/h1-16H. The molecule has 0 bridgehead atoms. The largest absolute Gasteiger partial charge is 0.443 e. The van der Waals surface area contributed by atoms with Crippen molar-refractivity contribution in [2.45, 2.75) is 0 Å². The summed E-state index contributed by atoms with van der Waals surface area (Å²) in [5, 5.41) is 0. The Morgan fingerprint density at radius 1 is 0.429 bits per heavy atom. The zero-order valence-electron chi connectivity index (χ0n) is 14.9. The molecule has 0 aliphatic heterocycles. The van der Waals surface area contributed by atoms with Crippen LogP contribution in [0.25, 0.3) is 45.2 Å².